The Morgan fingerprint density at radius 1 is 1.33 bits per heavy atom. The molecule has 1 aromatic carbocycles. The molecule has 4 nitrogen and oxygen atoms in total. The molecule has 1 heterocycles. The summed E-state index contributed by atoms with van der Waals surface area (Å²) in [5, 5.41) is 8.72. The number of benzene rings is 1. The topological polar surface area (TPSA) is 53.3 Å². The van der Waals surface area contributed by atoms with E-state index in [0.29, 0.717) is 11.3 Å². The van der Waals surface area contributed by atoms with Gasteiger partial charge < -0.3 is 9.64 Å². The van der Waals surface area contributed by atoms with E-state index in [1.165, 1.54) is 12.8 Å². The van der Waals surface area contributed by atoms with Crippen molar-refractivity contribution in [2.45, 2.75) is 32.6 Å². The molecular weight excluding hydrogens is 264 g/mol. The Morgan fingerprint density at radius 2 is 2.00 bits per heavy atom. The van der Waals surface area contributed by atoms with Gasteiger partial charge in [0.05, 0.1) is 11.6 Å². The maximum absolute atomic E-state index is 12.1. The van der Waals surface area contributed by atoms with Crippen molar-refractivity contribution in [2.24, 2.45) is 5.92 Å². The van der Waals surface area contributed by atoms with E-state index in [1.807, 2.05) is 4.90 Å². The van der Waals surface area contributed by atoms with Gasteiger partial charge in [-0.25, -0.2) is 0 Å². The molecule has 21 heavy (non-hydrogen) atoms. The van der Waals surface area contributed by atoms with E-state index in [4.69, 9.17) is 10.00 Å². The van der Waals surface area contributed by atoms with Gasteiger partial charge in [0.25, 0.3) is 5.91 Å². The van der Waals surface area contributed by atoms with Crippen LogP contribution >= 0.6 is 0 Å². The lowest BCUT2D eigenvalue weighted by molar-refractivity contribution is -0.134. The van der Waals surface area contributed by atoms with Gasteiger partial charge in [-0.3, -0.25) is 4.79 Å². The lowest BCUT2D eigenvalue weighted by atomic mass is 9.92. The summed E-state index contributed by atoms with van der Waals surface area (Å²) >= 11 is 0. The first-order chi connectivity index (χ1) is 10.2. The van der Waals surface area contributed by atoms with Crippen LogP contribution in [0.25, 0.3) is 0 Å². The fourth-order valence-corrected chi connectivity index (χ4v) is 2.74. The molecule has 1 fully saturated rings. The normalized spacial score (nSPS) is 15.5. The highest BCUT2D eigenvalue weighted by Crippen LogP contribution is 2.21. The van der Waals surface area contributed by atoms with Crippen molar-refractivity contribution >= 4 is 5.91 Å². The van der Waals surface area contributed by atoms with Gasteiger partial charge in [-0.2, -0.15) is 5.26 Å². The van der Waals surface area contributed by atoms with E-state index in [2.05, 4.69) is 13.0 Å². The maximum Gasteiger partial charge on any atom is 0.260 e. The molecule has 0 aliphatic carbocycles. The van der Waals surface area contributed by atoms with Crippen LogP contribution in [-0.4, -0.2) is 30.5 Å². The first kappa shape index (κ1) is 15.4. The van der Waals surface area contributed by atoms with Crippen molar-refractivity contribution in [3.63, 3.8) is 0 Å². The summed E-state index contributed by atoms with van der Waals surface area (Å²) < 4.78 is 5.49. The van der Waals surface area contributed by atoms with Gasteiger partial charge in [-0.15, -0.1) is 0 Å². The quantitative estimate of drug-likeness (QED) is 0.836. The molecule has 0 N–H and O–H groups in total. The number of nitrogens with zero attached hydrogens (tertiary/aromatic N) is 2. The Morgan fingerprint density at radius 3 is 2.57 bits per heavy atom. The second-order valence-electron chi connectivity index (χ2n) is 5.54. The molecule has 4 heteroatoms. The fraction of sp³-hybridized carbons (Fsp3) is 0.529. The molecule has 2 rings (SSSR count). The molecule has 1 amide bonds. The van der Waals surface area contributed by atoms with Gasteiger partial charge in [0.2, 0.25) is 0 Å². The third-order valence-corrected chi connectivity index (χ3v) is 4.01. The summed E-state index contributed by atoms with van der Waals surface area (Å²) in [4.78, 5) is 14.0. The number of hydrogen-bond donors (Lipinski definition) is 0. The van der Waals surface area contributed by atoms with Gasteiger partial charge in [-0.1, -0.05) is 19.8 Å². The highest BCUT2D eigenvalue weighted by Gasteiger charge is 2.22. The van der Waals surface area contributed by atoms with E-state index in [-0.39, 0.29) is 12.5 Å². The largest absolute Gasteiger partial charge is 0.484 e. The molecule has 0 bridgehead atoms. The second-order valence-corrected chi connectivity index (χ2v) is 5.54. The fourth-order valence-electron chi connectivity index (χ4n) is 2.74. The van der Waals surface area contributed by atoms with Crippen LogP contribution in [-0.2, 0) is 4.79 Å². The monoisotopic (exact) mass is 286 g/mol. The molecule has 0 atom stereocenters. The number of rotatable bonds is 5. The van der Waals surface area contributed by atoms with Crippen molar-refractivity contribution < 1.29 is 9.53 Å². The Kier molecular flexibility index (Phi) is 5.62. The van der Waals surface area contributed by atoms with Gasteiger partial charge in [0.1, 0.15) is 5.75 Å². The van der Waals surface area contributed by atoms with E-state index >= 15 is 0 Å². The number of piperidine rings is 1. The number of nitriles is 1. The molecule has 1 aliphatic heterocycles. The van der Waals surface area contributed by atoms with Crippen LogP contribution in [0.15, 0.2) is 24.3 Å². The number of carbonyl (C=O) groups excluding carboxylic acids is 1. The van der Waals surface area contributed by atoms with E-state index in [0.717, 1.165) is 31.8 Å². The Balaban J connectivity index is 1.76. The molecule has 0 radical (unpaired) electrons. The van der Waals surface area contributed by atoms with Crippen LogP contribution < -0.4 is 4.74 Å². The number of carbonyl (C=O) groups is 1. The van der Waals surface area contributed by atoms with Crippen LogP contribution in [0.1, 0.15) is 38.2 Å². The van der Waals surface area contributed by atoms with Crippen molar-refractivity contribution in [3.05, 3.63) is 29.8 Å². The zero-order chi connectivity index (χ0) is 15.1. The standard InChI is InChI=1S/C17H22N2O2/c1-2-3-14-8-10-19(11-9-14)17(20)13-21-16-6-4-15(12-18)5-7-16/h4-7,14H,2-3,8-11,13H2,1H3. The maximum atomic E-state index is 12.1. The number of amides is 1. The van der Waals surface area contributed by atoms with Crippen LogP contribution in [0.4, 0.5) is 0 Å². The molecule has 0 aromatic heterocycles. The zero-order valence-electron chi connectivity index (χ0n) is 12.5. The van der Waals surface area contributed by atoms with Crippen molar-refractivity contribution in [2.75, 3.05) is 19.7 Å². The number of ether oxygens (including phenoxy) is 1. The van der Waals surface area contributed by atoms with Crippen LogP contribution in [0.5, 0.6) is 5.75 Å². The predicted octanol–water partition coefficient (Wildman–Crippen LogP) is 2.98. The number of hydrogen-bond acceptors (Lipinski definition) is 3. The average molecular weight is 286 g/mol. The first-order valence-corrected chi connectivity index (χ1v) is 7.63. The van der Waals surface area contributed by atoms with Crippen LogP contribution in [0.2, 0.25) is 0 Å². The summed E-state index contributed by atoms with van der Waals surface area (Å²) in [6, 6.07) is 8.88. The molecule has 0 spiro atoms. The van der Waals surface area contributed by atoms with Crippen molar-refractivity contribution in [1.82, 2.24) is 4.90 Å². The third kappa shape index (κ3) is 4.49. The van der Waals surface area contributed by atoms with E-state index in [9.17, 15) is 4.79 Å². The first-order valence-electron chi connectivity index (χ1n) is 7.63. The van der Waals surface area contributed by atoms with Gasteiger partial charge in [-0.05, 0) is 43.0 Å². The average Bonchev–Trinajstić information content (AvgIpc) is 2.54. The lowest BCUT2D eigenvalue weighted by Gasteiger charge is -2.31. The Bertz CT molecular complexity index is 497. The molecule has 112 valence electrons. The molecule has 1 aromatic rings. The highest BCUT2D eigenvalue weighted by molar-refractivity contribution is 5.77. The third-order valence-electron chi connectivity index (χ3n) is 4.01. The van der Waals surface area contributed by atoms with Crippen LogP contribution in [0.3, 0.4) is 0 Å². The summed E-state index contributed by atoms with van der Waals surface area (Å²) in [7, 11) is 0. The van der Waals surface area contributed by atoms with Crippen molar-refractivity contribution in [1.29, 1.82) is 5.26 Å². The predicted molar refractivity (Wildman–Crippen MR) is 80.9 cm³/mol. The van der Waals surface area contributed by atoms with Crippen LogP contribution in [0, 0.1) is 17.2 Å². The molecule has 1 saturated heterocycles. The Hall–Kier alpha value is -2.02. The van der Waals surface area contributed by atoms with Gasteiger partial charge >= 0.3 is 0 Å². The van der Waals surface area contributed by atoms with Crippen molar-refractivity contribution in [3.8, 4) is 11.8 Å². The van der Waals surface area contributed by atoms with Gasteiger partial charge in [0.15, 0.2) is 6.61 Å². The number of likely N-dealkylation sites (tertiary alicyclic amines) is 1. The summed E-state index contributed by atoms with van der Waals surface area (Å²) in [6.07, 6.45) is 4.71. The molecule has 1 aliphatic rings. The highest BCUT2D eigenvalue weighted by atomic mass is 16.5. The summed E-state index contributed by atoms with van der Waals surface area (Å²) in [5.41, 5.74) is 0.590. The van der Waals surface area contributed by atoms with E-state index in [1.54, 1.807) is 24.3 Å². The SMILES string of the molecule is CCCC1CCN(C(=O)COc2ccc(C#N)cc2)CC1. The minimum Gasteiger partial charge on any atom is -0.484 e. The van der Waals surface area contributed by atoms with Gasteiger partial charge in [0, 0.05) is 13.1 Å². The Labute approximate surface area is 126 Å². The molecular formula is C17H22N2O2. The summed E-state index contributed by atoms with van der Waals surface area (Å²) in [6.45, 7) is 3.98. The summed E-state index contributed by atoms with van der Waals surface area (Å²) in [5.74, 6) is 1.45. The minimum absolute atomic E-state index is 0.0503. The minimum atomic E-state index is 0.0503. The smallest absolute Gasteiger partial charge is 0.260 e. The molecule has 0 saturated carbocycles. The second kappa shape index (κ2) is 7.68. The zero-order valence-corrected chi connectivity index (χ0v) is 12.5. The molecule has 0 unspecified atom stereocenters. The van der Waals surface area contributed by atoms with E-state index < -0.39 is 0 Å². The lowest BCUT2D eigenvalue weighted by Crippen LogP contribution is -2.40.